The molecule has 9 heteroatoms. The molecule has 0 saturated heterocycles. The molecule has 2 heterocycles. The number of amides is 1. The molecule has 29 heavy (non-hydrogen) atoms. The number of carbonyl (C=O) groups excluding carboxylic acids is 2. The Morgan fingerprint density at radius 3 is 2.55 bits per heavy atom. The van der Waals surface area contributed by atoms with Crippen LogP contribution in [0.25, 0.3) is 11.5 Å². The van der Waals surface area contributed by atoms with Crippen LogP contribution in [0.4, 0.5) is 4.39 Å². The predicted molar refractivity (Wildman–Crippen MR) is 109 cm³/mol. The molecule has 0 saturated carbocycles. The third kappa shape index (κ3) is 4.68. The number of esters is 1. The molecule has 0 aliphatic heterocycles. The van der Waals surface area contributed by atoms with Crippen LogP contribution in [0.15, 0.2) is 55.0 Å². The van der Waals surface area contributed by atoms with Crippen molar-refractivity contribution in [1.29, 1.82) is 0 Å². The zero-order chi connectivity index (χ0) is 20.8. The highest BCUT2D eigenvalue weighted by Crippen LogP contribution is 2.20. The number of hydrogen-bond acceptors (Lipinski definition) is 5. The first kappa shape index (κ1) is 20.7. The molecule has 3 aromatic rings. The van der Waals surface area contributed by atoms with Crippen molar-refractivity contribution in [2.75, 3.05) is 19.1 Å². The van der Waals surface area contributed by atoms with E-state index >= 15 is 0 Å². The minimum Gasteiger partial charge on any atom is -0.467 e. The van der Waals surface area contributed by atoms with Crippen molar-refractivity contribution in [2.24, 2.45) is 0 Å². The summed E-state index contributed by atoms with van der Waals surface area (Å²) < 4.78 is 21.4. The van der Waals surface area contributed by atoms with Gasteiger partial charge >= 0.3 is 5.97 Å². The number of nitrogens with zero attached hydrogens (tertiary/aromatic N) is 3. The van der Waals surface area contributed by atoms with Crippen LogP contribution >= 0.6 is 11.8 Å². The molecule has 0 radical (unpaired) electrons. The van der Waals surface area contributed by atoms with E-state index in [-0.39, 0.29) is 11.4 Å². The van der Waals surface area contributed by atoms with Gasteiger partial charge in [-0.25, -0.2) is 13.9 Å². The molecule has 1 atom stereocenters. The largest absolute Gasteiger partial charge is 0.467 e. The minimum absolute atomic E-state index is 0.281. The maximum Gasteiger partial charge on any atom is 0.328 e. The molecule has 1 amide bonds. The molecular weight excluding hydrogens is 395 g/mol. The van der Waals surface area contributed by atoms with Crippen molar-refractivity contribution >= 4 is 23.6 Å². The average molecular weight is 416 g/mol. The summed E-state index contributed by atoms with van der Waals surface area (Å²) in [7, 11) is 1.29. The van der Waals surface area contributed by atoms with Gasteiger partial charge in [0.15, 0.2) is 5.82 Å². The zero-order valence-electron chi connectivity index (χ0n) is 16.0. The summed E-state index contributed by atoms with van der Waals surface area (Å²) in [6, 6.07) is 8.68. The van der Waals surface area contributed by atoms with Gasteiger partial charge < -0.3 is 14.6 Å². The molecule has 0 fully saturated rings. The Balaban J connectivity index is 1.97. The normalized spacial score (nSPS) is 11.8. The number of thioether (sulfide) groups is 1. The van der Waals surface area contributed by atoms with Crippen LogP contribution in [0.2, 0.25) is 0 Å². The van der Waals surface area contributed by atoms with E-state index < -0.39 is 17.9 Å². The Hall–Kier alpha value is -3.07. The number of carbonyl (C=O) groups is 2. The molecule has 3 rings (SSSR count). The monoisotopic (exact) mass is 416 g/mol. The van der Waals surface area contributed by atoms with Gasteiger partial charge in [0.05, 0.1) is 19.0 Å². The highest BCUT2D eigenvalue weighted by molar-refractivity contribution is 7.98. The first-order valence-electron chi connectivity index (χ1n) is 8.90. The predicted octanol–water partition coefficient (Wildman–Crippen LogP) is 2.83. The minimum atomic E-state index is -0.758. The maximum absolute atomic E-state index is 13.3. The van der Waals surface area contributed by atoms with Gasteiger partial charge in [0.25, 0.3) is 5.91 Å². The quantitative estimate of drug-likeness (QED) is 0.572. The molecular formula is C20H21FN4O3S. The van der Waals surface area contributed by atoms with Crippen molar-refractivity contribution in [2.45, 2.75) is 12.5 Å². The van der Waals surface area contributed by atoms with Crippen LogP contribution in [0.5, 0.6) is 0 Å². The molecule has 2 aromatic heterocycles. The summed E-state index contributed by atoms with van der Waals surface area (Å²) in [5.74, 6) is -0.137. The third-order valence-corrected chi connectivity index (χ3v) is 4.95. The lowest BCUT2D eigenvalue weighted by atomic mass is 10.2. The molecule has 0 aliphatic carbocycles. The first-order valence-corrected chi connectivity index (χ1v) is 10.3. The van der Waals surface area contributed by atoms with Gasteiger partial charge in [0.1, 0.15) is 17.4 Å². The fourth-order valence-electron chi connectivity index (χ4n) is 2.86. The molecule has 1 unspecified atom stereocenters. The second-order valence-electron chi connectivity index (χ2n) is 6.19. The Morgan fingerprint density at radius 1 is 1.24 bits per heavy atom. The summed E-state index contributed by atoms with van der Waals surface area (Å²) in [5, 5.41) is 7.06. The van der Waals surface area contributed by atoms with E-state index in [1.54, 1.807) is 45.5 Å². The van der Waals surface area contributed by atoms with Crippen LogP contribution in [0, 0.1) is 5.82 Å². The van der Waals surface area contributed by atoms with E-state index in [0.29, 0.717) is 23.7 Å². The Bertz CT molecular complexity index is 970. The molecule has 0 spiro atoms. The average Bonchev–Trinajstić information content (AvgIpc) is 3.40. The van der Waals surface area contributed by atoms with Crippen molar-refractivity contribution in [3.05, 3.63) is 66.4 Å². The molecule has 0 aliphatic rings. The highest BCUT2D eigenvalue weighted by Gasteiger charge is 2.26. The van der Waals surface area contributed by atoms with Gasteiger partial charge in [-0.05, 0) is 54.8 Å². The number of rotatable bonds is 8. The Labute approximate surface area is 171 Å². The van der Waals surface area contributed by atoms with Gasteiger partial charge in [0, 0.05) is 12.4 Å². The van der Waals surface area contributed by atoms with Crippen molar-refractivity contribution < 1.29 is 18.7 Å². The number of methoxy groups -OCH3 is 1. The van der Waals surface area contributed by atoms with Crippen molar-refractivity contribution in [1.82, 2.24) is 19.7 Å². The van der Waals surface area contributed by atoms with Gasteiger partial charge in [-0.3, -0.25) is 4.79 Å². The molecule has 7 nitrogen and oxygen atoms in total. The van der Waals surface area contributed by atoms with Gasteiger partial charge in [-0.15, -0.1) is 0 Å². The summed E-state index contributed by atoms with van der Waals surface area (Å²) >= 11 is 1.57. The second kappa shape index (κ2) is 9.42. The van der Waals surface area contributed by atoms with E-state index in [9.17, 15) is 14.0 Å². The summed E-state index contributed by atoms with van der Waals surface area (Å²) in [6.07, 6.45) is 7.35. The van der Waals surface area contributed by atoms with Crippen LogP contribution in [0.3, 0.4) is 0 Å². The SMILES string of the molecule is COC(=O)C(CCSC)NC(=O)c1cnn(-c2ccc(F)cc2)c1-n1cccc1. The lowest BCUT2D eigenvalue weighted by Crippen LogP contribution is -2.42. The van der Waals surface area contributed by atoms with E-state index in [4.69, 9.17) is 4.74 Å². The second-order valence-corrected chi connectivity index (χ2v) is 7.18. The Morgan fingerprint density at radius 2 is 1.93 bits per heavy atom. The molecule has 1 N–H and O–H groups in total. The fraction of sp³-hybridized carbons (Fsp3) is 0.250. The van der Waals surface area contributed by atoms with Gasteiger partial charge in [-0.1, -0.05) is 0 Å². The van der Waals surface area contributed by atoms with E-state index in [0.717, 1.165) is 0 Å². The van der Waals surface area contributed by atoms with E-state index in [1.807, 2.05) is 18.4 Å². The lowest BCUT2D eigenvalue weighted by molar-refractivity contribution is -0.142. The molecule has 152 valence electrons. The van der Waals surface area contributed by atoms with Gasteiger partial charge in [-0.2, -0.15) is 16.9 Å². The van der Waals surface area contributed by atoms with Crippen LogP contribution < -0.4 is 5.32 Å². The zero-order valence-corrected chi connectivity index (χ0v) is 16.9. The van der Waals surface area contributed by atoms with E-state index in [2.05, 4.69) is 10.4 Å². The number of halogens is 1. The smallest absolute Gasteiger partial charge is 0.328 e. The molecule has 0 bridgehead atoms. The number of ether oxygens (including phenoxy) is 1. The number of nitrogens with one attached hydrogen (secondary N) is 1. The first-order chi connectivity index (χ1) is 14.0. The van der Waals surface area contributed by atoms with Crippen LogP contribution in [-0.2, 0) is 9.53 Å². The molecule has 1 aromatic carbocycles. The number of hydrogen-bond donors (Lipinski definition) is 1. The van der Waals surface area contributed by atoms with E-state index in [1.165, 1.54) is 25.4 Å². The van der Waals surface area contributed by atoms with Gasteiger partial charge in [0.2, 0.25) is 0 Å². The third-order valence-electron chi connectivity index (χ3n) is 4.31. The highest BCUT2D eigenvalue weighted by atomic mass is 32.2. The number of aromatic nitrogens is 3. The topological polar surface area (TPSA) is 78.2 Å². The Kier molecular flexibility index (Phi) is 6.71. The van der Waals surface area contributed by atoms with Crippen LogP contribution in [0.1, 0.15) is 16.8 Å². The standard InChI is InChI=1S/C20H21FN4O3S/c1-28-20(27)17(9-12-29-2)23-18(26)16-13-22-25(15-7-5-14(21)6-8-15)19(16)24-10-3-4-11-24/h3-8,10-11,13,17H,9,12H2,1-2H3,(H,23,26). The number of benzene rings is 1. The van der Waals surface area contributed by atoms with Crippen LogP contribution in [-0.4, -0.2) is 51.4 Å². The van der Waals surface area contributed by atoms with Crippen molar-refractivity contribution in [3.8, 4) is 11.5 Å². The summed E-state index contributed by atoms with van der Waals surface area (Å²) in [4.78, 5) is 25.1. The van der Waals surface area contributed by atoms with Crippen molar-refractivity contribution in [3.63, 3.8) is 0 Å². The summed E-state index contributed by atoms with van der Waals surface area (Å²) in [6.45, 7) is 0. The lowest BCUT2D eigenvalue weighted by Gasteiger charge is -2.16. The maximum atomic E-state index is 13.3. The summed E-state index contributed by atoms with van der Waals surface area (Å²) in [5.41, 5.74) is 0.879. The fourth-order valence-corrected chi connectivity index (χ4v) is 3.33.